The van der Waals surface area contributed by atoms with Crippen LogP contribution in [0.3, 0.4) is 0 Å². The molecular formula is C18H18F3N7O3S. The van der Waals surface area contributed by atoms with Gasteiger partial charge >= 0.3 is 6.18 Å². The van der Waals surface area contributed by atoms with Crippen LogP contribution in [-0.4, -0.2) is 40.1 Å². The molecule has 3 rings (SSSR count). The minimum absolute atomic E-state index is 0.00722. The van der Waals surface area contributed by atoms with Crippen molar-refractivity contribution in [2.24, 2.45) is 12.8 Å². The van der Waals surface area contributed by atoms with Gasteiger partial charge in [0.2, 0.25) is 5.88 Å². The summed E-state index contributed by atoms with van der Waals surface area (Å²) in [5.41, 5.74) is 5.63. The summed E-state index contributed by atoms with van der Waals surface area (Å²) in [5, 5.41) is 7.65. The Kier molecular flexibility index (Phi) is 5.98. The maximum absolute atomic E-state index is 12.9. The molecule has 3 heterocycles. The molecule has 170 valence electrons. The first-order valence-corrected chi connectivity index (χ1v) is 10.3. The molecule has 0 aromatic carbocycles. The topological polar surface area (TPSA) is 130 Å². The molecule has 0 aliphatic heterocycles. The third-order valence-corrected chi connectivity index (χ3v) is 5.64. The minimum atomic E-state index is -4.56. The van der Waals surface area contributed by atoms with Gasteiger partial charge in [-0.25, -0.2) is 18.1 Å². The highest BCUT2D eigenvalue weighted by atomic mass is 32.2. The molecule has 0 spiro atoms. The second-order valence-corrected chi connectivity index (χ2v) is 8.03. The van der Waals surface area contributed by atoms with Crippen molar-refractivity contribution in [3.8, 4) is 5.82 Å². The smallest absolute Gasteiger partial charge is 0.419 e. The lowest BCUT2D eigenvalue weighted by molar-refractivity contribution is -0.137. The third-order valence-electron chi connectivity index (χ3n) is 4.30. The Hall–Kier alpha value is -3.81. The minimum Gasteiger partial charge on any atom is -0.481 e. The van der Waals surface area contributed by atoms with Crippen molar-refractivity contribution >= 4 is 21.8 Å². The quantitative estimate of drug-likeness (QED) is 0.505. The number of nitrogens with two attached hydrogens (primary N) is 1. The molecule has 0 aliphatic rings. The van der Waals surface area contributed by atoms with E-state index in [4.69, 9.17) is 10.5 Å². The molecule has 10 nitrogen and oxygen atoms in total. The highest BCUT2D eigenvalue weighted by molar-refractivity contribution is 7.89. The number of halogens is 3. The molecule has 3 N–H and O–H groups in total. The molecule has 0 saturated carbocycles. The number of alkyl halides is 3. The van der Waals surface area contributed by atoms with Crippen LogP contribution in [0.1, 0.15) is 16.8 Å². The average molecular weight is 469 g/mol. The first-order chi connectivity index (χ1) is 15.0. The summed E-state index contributed by atoms with van der Waals surface area (Å²) < 4.78 is 73.7. The van der Waals surface area contributed by atoms with Gasteiger partial charge in [0.05, 0.1) is 30.8 Å². The summed E-state index contributed by atoms with van der Waals surface area (Å²) in [4.78, 5) is 3.63. The van der Waals surface area contributed by atoms with Crippen LogP contribution in [0.2, 0.25) is 0 Å². The number of pyridine rings is 1. The Morgan fingerprint density at radius 2 is 1.97 bits per heavy atom. The van der Waals surface area contributed by atoms with Crippen molar-refractivity contribution in [2.45, 2.75) is 11.1 Å². The SMILES string of the molecule is C=Cc1cnn(C)c1/C(NS(=O)(=O)c1ccc(-n2cc(C(F)(F)F)cn2)nc1)=C(\N)OC. The van der Waals surface area contributed by atoms with Crippen molar-refractivity contribution in [3.05, 3.63) is 66.2 Å². The van der Waals surface area contributed by atoms with Crippen LogP contribution >= 0.6 is 0 Å². The second-order valence-electron chi connectivity index (χ2n) is 6.35. The molecule has 32 heavy (non-hydrogen) atoms. The van der Waals surface area contributed by atoms with E-state index in [-0.39, 0.29) is 22.3 Å². The first-order valence-electron chi connectivity index (χ1n) is 8.77. The Morgan fingerprint density at radius 1 is 1.25 bits per heavy atom. The molecule has 0 radical (unpaired) electrons. The molecule has 0 bridgehead atoms. The number of sulfonamides is 1. The van der Waals surface area contributed by atoms with E-state index < -0.39 is 21.8 Å². The lowest BCUT2D eigenvalue weighted by Crippen LogP contribution is -2.27. The number of ether oxygens (including phenoxy) is 1. The zero-order valence-corrected chi connectivity index (χ0v) is 17.6. The molecule has 3 aromatic heterocycles. The second kappa shape index (κ2) is 8.37. The van der Waals surface area contributed by atoms with E-state index in [0.29, 0.717) is 17.5 Å². The lowest BCUT2D eigenvalue weighted by atomic mass is 10.2. The lowest BCUT2D eigenvalue weighted by Gasteiger charge is -2.15. The molecule has 3 aromatic rings. The van der Waals surface area contributed by atoms with Crippen LogP contribution in [0.15, 0.2) is 54.3 Å². The van der Waals surface area contributed by atoms with E-state index in [1.807, 2.05) is 0 Å². The van der Waals surface area contributed by atoms with Gasteiger partial charge in [0.15, 0.2) is 5.82 Å². The first kappa shape index (κ1) is 22.9. The summed E-state index contributed by atoms with van der Waals surface area (Å²) in [6, 6.07) is 2.38. The van der Waals surface area contributed by atoms with E-state index in [0.717, 1.165) is 23.1 Å². The van der Waals surface area contributed by atoms with Crippen LogP contribution in [0.5, 0.6) is 0 Å². The fraction of sp³-hybridized carbons (Fsp3) is 0.167. The summed E-state index contributed by atoms with van der Waals surface area (Å²) in [7, 11) is -1.37. The molecule has 0 aliphatic carbocycles. The van der Waals surface area contributed by atoms with Crippen LogP contribution in [0.4, 0.5) is 13.2 Å². The molecular weight excluding hydrogens is 451 g/mol. The van der Waals surface area contributed by atoms with Crippen molar-refractivity contribution in [2.75, 3.05) is 7.11 Å². The van der Waals surface area contributed by atoms with E-state index in [9.17, 15) is 21.6 Å². The number of nitrogens with zero attached hydrogens (tertiary/aromatic N) is 5. The van der Waals surface area contributed by atoms with E-state index in [1.165, 1.54) is 30.1 Å². The fourth-order valence-electron chi connectivity index (χ4n) is 2.68. The molecule has 0 atom stereocenters. The van der Waals surface area contributed by atoms with Crippen molar-refractivity contribution < 1.29 is 26.3 Å². The van der Waals surface area contributed by atoms with E-state index in [1.54, 1.807) is 7.05 Å². The van der Waals surface area contributed by atoms with Gasteiger partial charge < -0.3 is 10.5 Å². The molecule has 0 unspecified atom stereocenters. The van der Waals surface area contributed by atoms with Gasteiger partial charge in [-0.15, -0.1) is 0 Å². The Labute approximate surface area is 180 Å². The maximum Gasteiger partial charge on any atom is 0.419 e. The summed E-state index contributed by atoms with van der Waals surface area (Å²) in [5.74, 6) is -0.228. The van der Waals surface area contributed by atoms with Crippen LogP contribution in [-0.2, 0) is 28.0 Å². The van der Waals surface area contributed by atoms with Gasteiger partial charge in [-0.1, -0.05) is 12.7 Å². The predicted molar refractivity (Wildman–Crippen MR) is 108 cm³/mol. The summed E-state index contributed by atoms with van der Waals surface area (Å²) in [6.07, 6.45) is 0.735. The number of nitrogens with one attached hydrogen (secondary N) is 1. The average Bonchev–Trinajstić information content (AvgIpc) is 3.38. The van der Waals surface area contributed by atoms with E-state index in [2.05, 4.69) is 26.5 Å². The van der Waals surface area contributed by atoms with Crippen molar-refractivity contribution in [1.82, 2.24) is 29.3 Å². The van der Waals surface area contributed by atoms with Gasteiger partial charge in [0.1, 0.15) is 10.6 Å². The van der Waals surface area contributed by atoms with Gasteiger partial charge in [-0.3, -0.25) is 9.40 Å². The van der Waals surface area contributed by atoms with Gasteiger partial charge in [0, 0.05) is 25.0 Å². The highest BCUT2D eigenvalue weighted by Gasteiger charge is 2.32. The third kappa shape index (κ3) is 4.44. The molecule has 0 fully saturated rings. The molecule has 14 heteroatoms. The van der Waals surface area contributed by atoms with Crippen LogP contribution < -0.4 is 10.5 Å². The molecule has 0 amide bonds. The number of aryl methyl sites for hydroxylation is 1. The summed E-state index contributed by atoms with van der Waals surface area (Å²) in [6.45, 7) is 3.66. The van der Waals surface area contributed by atoms with Gasteiger partial charge in [-0.05, 0) is 12.1 Å². The number of hydrogen-bond donors (Lipinski definition) is 2. The Bertz CT molecular complexity index is 1280. The highest BCUT2D eigenvalue weighted by Crippen LogP contribution is 2.29. The monoisotopic (exact) mass is 469 g/mol. The van der Waals surface area contributed by atoms with Crippen molar-refractivity contribution in [3.63, 3.8) is 0 Å². The summed E-state index contributed by atoms with van der Waals surface area (Å²) >= 11 is 0. The van der Waals surface area contributed by atoms with Gasteiger partial charge in [0.25, 0.3) is 10.0 Å². The van der Waals surface area contributed by atoms with Gasteiger partial charge in [-0.2, -0.15) is 23.4 Å². The van der Waals surface area contributed by atoms with Crippen molar-refractivity contribution in [1.29, 1.82) is 0 Å². The molecule has 0 saturated heterocycles. The fourth-order valence-corrected chi connectivity index (χ4v) is 3.70. The number of aromatic nitrogens is 5. The normalized spacial score (nSPS) is 12.9. The number of methoxy groups -OCH3 is 1. The van der Waals surface area contributed by atoms with E-state index >= 15 is 0 Å². The number of hydrogen-bond acceptors (Lipinski definition) is 7. The zero-order chi connectivity index (χ0) is 23.7. The Balaban J connectivity index is 1.94. The Morgan fingerprint density at radius 3 is 2.50 bits per heavy atom. The maximum atomic E-state index is 12.9. The van der Waals surface area contributed by atoms with Crippen LogP contribution in [0, 0.1) is 0 Å². The number of rotatable bonds is 7. The predicted octanol–water partition coefficient (Wildman–Crippen LogP) is 1.87. The largest absolute Gasteiger partial charge is 0.481 e. The zero-order valence-electron chi connectivity index (χ0n) is 16.8. The standard InChI is InChI=1S/C18H18F3N7O3S/c1-4-11-7-24-27(2)16(11)15(17(22)31-3)26-32(29,30)13-5-6-14(23-9-13)28-10-12(8-25-28)18(19,20)21/h4-10,26H,1,22H2,2-3H3/b17-15-. The van der Waals surface area contributed by atoms with Crippen LogP contribution in [0.25, 0.3) is 17.6 Å².